The average molecular weight is 331 g/mol. The van der Waals surface area contributed by atoms with E-state index in [0.717, 1.165) is 16.7 Å². The maximum absolute atomic E-state index is 5.44. The van der Waals surface area contributed by atoms with Crippen molar-refractivity contribution in [2.45, 2.75) is 51.0 Å². The number of hydrogen-bond acceptors (Lipinski definition) is 3. The van der Waals surface area contributed by atoms with Crippen LogP contribution in [0, 0.1) is 4.64 Å². The zero-order valence-corrected chi connectivity index (χ0v) is 13.2. The zero-order chi connectivity index (χ0) is 13.1. The molecule has 1 saturated carbocycles. The van der Waals surface area contributed by atoms with Crippen LogP contribution in [0.1, 0.15) is 62.6 Å². The lowest BCUT2D eigenvalue weighted by Crippen LogP contribution is -2.10. The molecule has 0 radical (unpaired) electrons. The third-order valence-electron chi connectivity index (χ3n) is 3.63. The summed E-state index contributed by atoms with van der Waals surface area (Å²) in [4.78, 5) is 7.88. The van der Waals surface area contributed by atoms with Crippen molar-refractivity contribution >= 4 is 28.1 Å². The number of ether oxygens (including phenoxy) is 1. The highest BCUT2D eigenvalue weighted by Crippen LogP contribution is 2.37. The first-order chi connectivity index (χ1) is 8.67. The molecule has 0 aliphatic heterocycles. The lowest BCUT2D eigenvalue weighted by atomic mass is 10.0. The molecule has 1 aromatic heterocycles. The Morgan fingerprint density at radius 3 is 2.72 bits per heavy atom. The van der Waals surface area contributed by atoms with Crippen molar-refractivity contribution in [3.63, 3.8) is 0 Å². The van der Waals surface area contributed by atoms with Crippen molar-refractivity contribution in [2.75, 3.05) is 7.11 Å². The van der Waals surface area contributed by atoms with E-state index in [9.17, 15) is 0 Å². The van der Waals surface area contributed by atoms with Gasteiger partial charge in [0.2, 0.25) is 0 Å². The summed E-state index contributed by atoms with van der Waals surface area (Å²) < 4.78 is 7.04. The van der Waals surface area contributed by atoms with Crippen LogP contribution < -0.4 is 0 Å². The van der Waals surface area contributed by atoms with Crippen molar-refractivity contribution in [3.05, 3.63) is 20.6 Å². The number of rotatable bonds is 4. The molecular weight excluding hydrogens is 312 g/mol. The maximum Gasteiger partial charge on any atom is 0.144 e. The molecule has 100 valence electrons. The molecule has 0 amide bonds. The second-order valence-corrected chi connectivity index (χ2v) is 5.95. The van der Waals surface area contributed by atoms with Gasteiger partial charge in [-0.25, -0.2) is 4.98 Å². The van der Waals surface area contributed by atoms with Gasteiger partial charge in [0.15, 0.2) is 0 Å². The minimum Gasteiger partial charge on any atom is -0.374 e. The summed E-state index contributed by atoms with van der Waals surface area (Å²) in [5.74, 6) is 1.44. The number of aromatic amines is 1. The molecule has 1 atom stereocenters. The predicted molar refractivity (Wildman–Crippen MR) is 78.4 cm³/mol. The van der Waals surface area contributed by atoms with Gasteiger partial charge in [-0.3, -0.25) is 0 Å². The molecule has 0 aromatic carbocycles. The summed E-state index contributed by atoms with van der Waals surface area (Å²) >= 11 is 8.92. The Bertz CT molecular complexity index is 465. The highest BCUT2D eigenvalue weighted by Gasteiger charge is 2.23. The fourth-order valence-corrected chi connectivity index (χ4v) is 3.33. The van der Waals surface area contributed by atoms with Crippen LogP contribution in [0.15, 0.2) is 4.47 Å². The molecule has 18 heavy (non-hydrogen) atoms. The molecule has 0 saturated heterocycles. The molecule has 2 rings (SSSR count). The highest BCUT2D eigenvalue weighted by molar-refractivity contribution is 9.10. The smallest absolute Gasteiger partial charge is 0.144 e. The van der Waals surface area contributed by atoms with Crippen LogP contribution in [0.4, 0.5) is 0 Å². The fourth-order valence-electron chi connectivity index (χ4n) is 2.61. The minimum absolute atomic E-state index is 0.0000435. The standard InChI is InChI=1S/C13H19BrN2OS/c1-3-9(17-2)12-15-11(8-6-4-5-7-8)10(14)13(18)16-12/h8-9H,3-7H2,1-2H3,(H,15,16,18). The van der Waals surface area contributed by atoms with E-state index < -0.39 is 0 Å². The Balaban J connectivity index is 2.42. The third-order valence-corrected chi connectivity index (χ3v) is 4.99. The summed E-state index contributed by atoms with van der Waals surface area (Å²) in [6.45, 7) is 2.09. The number of halogens is 1. The maximum atomic E-state index is 5.44. The van der Waals surface area contributed by atoms with E-state index in [4.69, 9.17) is 17.0 Å². The predicted octanol–water partition coefficient (Wildman–Crippen LogP) is 4.66. The number of nitrogens with one attached hydrogen (secondary N) is 1. The van der Waals surface area contributed by atoms with Crippen molar-refractivity contribution in [2.24, 2.45) is 0 Å². The van der Waals surface area contributed by atoms with Gasteiger partial charge in [-0.15, -0.1) is 0 Å². The van der Waals surface area contributed by atoms with E-state index in [0.29, 0.717) is 10.6 Å². The highest BCUT2D eigenvalue weighted by atomic mass is 79.9. The topological polar surface area (TPSA) is 37.9 Å². The summed E-state index contributed by atoms with van der Waals surface area (Å²) in [5.41, 5.74) is 1.21. The van der Waals surface area contributed by atoms with E-state index >= 15 is 0 Å². The van der Waals surface area contributed by atoms with E-state index in [1.54, 1.807) is 7.11 Å². The second-order valence-electron chi connectivity index (χ2n) is 4.77. The number of H-pyrrole nitrogens is 1. The second kappa shape index (κ2) is 6.26. The van der Waals surface area contributed by atoms with Crippen LogP contribution in [0.25, 0.3) is 0 Å². The first kappa shape index (κ1) is 14.2. The minimum atomic E-state index is -0.0000435. The summed E-state index contributed by atoms with van der Waals surface area (Å²) in [5, 5.41) is 0. The molecule has 1 N–H and O–H groups in total. The largest absolute Gasteiger partial charge is 0.374 e. The Labute approximate surface area is 121 Å². The van der Waals surface area contributed by atoms with E-state index in [2.05, 4.69) is 32.8 Å². The zero-order valence-electron chi connectivity index (χ0n) is 10.8. The molecule has 5 heteroatoms. The normalized spacial score (nSPS) is 18.2. The van der Waals surface area contributed by atoms with Crippen molar-refractivity contribution in [1.82, 2.24) is 9.97 Å². The average Bonchev–Trinajstić information content (AvgIpc) is 2.88. The van der Waals surface area contributed by atoms with E-state index in [-0.39, 0.29) is 6.10 Å². The molecule has 1 aliphatic rings. The first-order valence-corrected chi connectivity index (χ1v) is 7.69. The number of nitrogens with zero attached hydrogens (tertiary/aromatic N) is 1. The molecule has 1 fully saturated rings. The van der Waals surface area contributed by atoms with Crippen LogP contribution >= 0.6 is 28.1 Å². The van der Waals surface area contributed by atoms with Crippen LogP contribution in [0.3, 0.4) is 0 Å². The van der Waals surface area contributed by atoms with E-state index in [1.165, 1.54) is 31.4 Å². The molecule has 0 spiro atoms. The Kier molecular flexibility index (Phi) is 4.92. The van der Waals surface area contributed by atoms with Crippen LogP contribution in [0.5, 0.6) is 0 Å². The number of hydrogen-bond donors (Lipinski definition) is 1. The van der Waals surface area contributed by atoms with Gasteiger partial charge in [0.1, 0.15) is 16.6 Å². The van der Waals surface area contributed by atoms with Crippen molar-refractivity contribution in [3.8, 4) is 0 Å². The number of aromatic nitrogens is 2. The molecule has 1 heterocycles. The van der Waals surface area contributed by atoms with Gasteiger partial charge in [0.05, 0.1) is 4.47 Å². The summed E-state index contributed by atoms with van der Waals surface area (Å²) in [6, 6.07) is 0. The van der Waals surface area contributed by atoms with Gasteiger partial charge in [0.25, 0.3) is 0 Å². The van der Waals surface area contributed by atoms with E-state index in [1.807, 2.05) is 0 Å². The van der Waals surface area contributed by atoms with Gasteiger partial charge < -0.3 is 9.72 Å². The molecule has 3 nitrogen and oxygen atoms in total. The monoisotopic (exact) mass is 330 g/mol. The Morgan fingerprint density at radius 2 is 2.17 bits per heavy atom. The quantitative estimate of drug-likeness (QED) is 0.816. The van der Waals surface area contributed by atoms with Gasteiger partial charge in [-0.05, 0) is 35.2 Å². The van der Waals surface area contributed by atoms with Gasteiger partial charge in [-0.1, -0.05) is 32.0 Å². The third kappa shape index (κ3) is 2.83. The number of methoxy groups -OCH3 is 1. The van der Waals surface area contributed by atoms with Crippen LogP contribution in [-0.4, -0.2) is 17.1 Å². The Hall–Kier alpha value is -0.260. The lowest BCUT2D eigenvalue weighted by Gasteiger charge is -2.17. The molecule has 0 bridgehead atoms. The van der Waals surface area contributed by atoms with Crippen LogP contribution in [-0.2, 0) is 4.74 Å². The lowest BCUT2D eigenvalue weighted by molar-refractivity contribution is 0.0921. The Morgan fingerprint density at radius 1 is 1.50 bits per heavy atom. The summed E-state index contributed by atoms with van der Waals surface area (Å²) in [7, 11) is 1.71. The van der Waals surface area contributed by atoms with Crippen molar-refractivity contribution in [1.29, 1.82) is 0 Å². The molecule has 1 unspecified atom stereocenters. The SMILES string of the molecule is CCC(OC)c1nc(=S)c(Br)c(C2CCCC2)[nH]1. The van der Waals surface area contributed by atoms with Gasteiger partial charge in [-0.2, -0.15) is 0 Å². The van der Waals surface area contributed by atoms with Gasteiger partial charge in [0, 0.05) is 18.7 Å². The van der Waals surface area contributed by atoms with Gasteiger partial charge >= 0.3 is 0 Å². The fraction of sp³-hybridized carbons (Fsp3) is 0.692. The first-order valence-electron chi connectivity index (χ1n) is 6.49. The van der Waals surface area contributed by atoms with Crippen LogP contribution in [0.2, 0.25) is 0 Å². The molecular formula is C13H19BrN2OS. The molecule has 1 aromatic rings. The van der Waals surface area contributed by atoms with Crippen molar-refractivity contribution < 1.29 is 4.74 Å². The summed E-state index contributed by atoms with van der Waals surface area (Å²) in [6.07, 6.45) is 5.96. The molecule has 1 aliphatic carbocycles.